The van der Waals surface area contributed by atoms with Gasteiger partial charge in [0.1, 0.15) is 6.10 Å². The van der Waals surface area contributed by atoms with Gasteiger partial charge < -0.3 is 19.7 Å². The van der Waals surface area contributed by atoms with Crippen LogP contribution in [0.15, 0.2) is 22.8 Å². The average Bonchev–Trinajstić information content (AvgIpc) is 3.14. The van der Waals surface area contributed by atoms with Crippen molar-refractivity contribution in [3.8, 4) is 0 Å². The molecule has 6 unspecified atom stereocenters. The molecule has 2 heterocycles. The highest BCUT2D eigenvalue weighted by atomic mass is 16.7. The highest BCUT2D eigenvalue weighted by Crippen LogP contribution is 2.62. The summed E-state index contributed by atoms with van der Waals surface area (Å²) in [7, 11) is 0. The molecule has 1 saturated heterocycles. The number of unbranched alkanes of at least 4 members (excludes halogenated alkanes) is 4. The fraction of sp³-hybridized carbons (Fsp3) is 0.692. The smallest absolute Gasteiger partial charge is 0.343 e. The summed E-state index contributed by atoms with van der Waals surface area (Å²) in [5.41, 5.74) is -1.07. The van der Waals surface area contributed by atoms with E-state index in [9.17, 15) is 29.4 Å². The molecule has 0 saturated carbocycles. The van der Waals surface area contributed by atoms with Crippen molar-refractivity contribution < 1.29 is 38.9 Å². The summed E-state index contributed by atoms with van der Waals surface area (Å²) in [5.74, 6) is -7.19. The summed E-state index contributed by atoms with van der Waals surface area (Å²) in [4.78, 5) is 51.3. The van der Waals surface area contributed by atoms with E-state index in [0.29, 0.717) is 12.8 Å². The van der Waals surface area contributed by atoms with Gasteiger partial charge in [-0.05, 0) is 32.1 Å². The molecular weight excluding hydrogens is 440 g/mol. The molecule has 0 spiro atoms. The van der Waals surface area contributed by atoms with Gasteiger partial charge in [0.25, 0.3) is 0 Å². The summed E-state index contributed by atoms with van der Waals surface area (Å²) in [6, 6.07) is 0. The Balaban J connectivity index is 1.86. The summed E-state index contributed by atoms with van der Waals surface area (Å²) in [5, 5.41) is 23.0. The van der Waals surface area contributed by atoms with Crippen LogP contribution in [0, 0.1) is 23.2 Å². The zero-order valence-electron chi connectivity index (χ0n) is 20.1. The zero-order chi connectivity index (χ0) is 24.8. The number of hydrogen-bond acceptors (Lipinski definition) is 8. The lowest BCUT2D eigenvalue weighted by atomic mass is 9.61. The molecule has 0 amide bonds. The molecule has 2 aliphatic heterocycles. The highest BCUT2D eigenvalue weighted by molar-refractivity contribution is 6.14. The van der Waals surface area contributed by atoms with Gasteiger partial charge in [-0.2, -0.15) is 0 Å². The van der Waals surface area contributed by atoms with Crippen LogP contribution in [-0.4, -0.2) is 45.8 Å². The first-order valence-electron chi connectivity index (χ1n) is 12.5. The molecule has 34 heavy (non-hydrogen) atoms. The van der Waals surface area contributed by atoms with Gasteiger partial charge in [0, 0.05) is 17.9 Å². The number of aliphatic hydroxyl groups excluding tert-OH is 1. The van der Waals surface area contributed by atoms with Gasteiger partial charge in [0.05, 0.1) is 22.5 Å². The predicted octanol–water partition coefficient (Wildman–Crippen LogP) is 2.90. The van der Waals surface area contributed by atoms with E-state index in [4.69, 9.17) is 9.47 Å². The van der Waals surface area contributed by atoms with Crippen molar-refractivity contribution in [1.29, 1.82) is 0 Å². The predicted molar refractivity (Wildman–Crippen MR) is 120 cm³/mol. The normalized spacial score (nSPS) is 34.9. The Morgan fingerprint density at radius 2 is 1.82 bits per heavy atom. The second-order valence-corrected chi connectivity index (χ2v) is 10.3. The van der Waals surface area contributed by atoms with Gasteiger partial charge in [-0.15, -0.1) is 0 Å². The second kappa shape index (κ2) is 9.04. The number of Topliss-reactive ketones (excluding diaryl/α,β-unsaturated/α-hetero) is 1. The number of aliphatic hydroxyl groups is 2. The lowest BCUT2D eigenvalue weighted by molar-refractivity contribution is -0.207. The fourth-order valence-electron chi connectivity index (χ4n) is 6.23. The van der Waals surface area contributed by atoms with E-state index in [-0.39, 0.29) is 35.3 Å². The molecule has 4 rings (SSSR count). The number of rotatable bonds is 10. The SMILES string of the molecule is CCCCCCC1C(C(O)C(=O)CCCC)C=C2C3(C)CC4=C(C(=O)OC4=O)C1C2(O)OC3=O. The first-order valence-corrected chi connectivity index (χ1v) is 12.5. The minimum Gasteiger partial charge on any atom is -0.428 e. The van der Waals surface area contributed by atoms with Gasteiger partial charge >= 0.3 is 17.9 Å². The van der Waals surface area contributed by atoms with E-state index in [0.717, 1.165) is 32.1 Å². The fourth-order valence-corrected chi connectivity index (χ4v) is 6.23. The standard InChI is InChI=1S/C26H34O8/c1-4-6-8-9-10-14-15(21(28)17(27)11-7-5-2)12-18-25(3)13-16-19(23(30)33-22(16)29)20(14)26(18,32)34-24(25)31/h12,14-15,20-21,28,32H,4-11,13H2,1-3H3. The maximum Gasteiger partial charge on any atom is 0.343 e. The highest BCUT2D eigenvalue weighted by Gasteiger charge is 2.70. The maximum atomic E-state index is 13.0. The van der Waals surface area contributed by atoms with E-state index >= 15 is 0 Å². The Morgan fingerprint density at radius 1 is 1.12 bits per heavy atom. The third-order valence-electron chi connectivity index (χ3n) is 8.06. The number of hydrogen-bond donors (Lipinski definition) is 2. The molecule has 0 aromatic carbocycles. The van der Waals surface area contributed by atoms with Gasteiger partial charge in [-0.1, -0.05) is 52.0 Å². The van der Waals surface area contributed by atoms with Crippen molar-refractivity contribution in [2.75, 3.05) is 0 Å². The minimum atomic E-state index is -2.12. The Kier molecular flexibility index (Phi) is 6.59. The largest absolute Gasteiger partial charge is 0.428 e. The first kappa shape index (κ1) is 24.8. The number of ether oxygens (including phenoxy) is 2. The number of fused-ring (bicyclic) bond motifs is 1. The maximum absolute atomic E-state index is 13.0. The quantitative estimate of drug-likeness (QED) is 0.214. The lowest BCUT2D eigenvalue weighted by Gasteiger charge is -2.45. The molecule has 4 bridgehead atoms. The van der Waals surface area contributed by atoms with E-state index in [2.05, 4.69) is 6.92 Å². The Labute approximate surface area is 199 Å². The van der Waals surface area contributed by atoms with Crippen molar-refractivity contribution >= 4 is 23.7 Å². The van der Waals surface area contributed by atoms with Crippen LogP contribution in [0.4, 0.5) is 0 Å². The molecule has 186 valence electrons. The van der Waals surface area contributed by atoms with Crippen LogP contribution in [0.1, 0.15) is 78.6 Å². The Bertz CT molecular complexity index is 977. The summed E-state index contributed by atoms with van der Waals surface area (Å²) in [6.07, 6.45) is 5.92. The molecule has 8 nitrogen and oxygen atoms in total. The van der Waals surface area contributed by atoms with Crippen LogP contribution in [0.25, 0.3) is 0 Å². The number of carbonyl (C=O) groups is 4. The molecule has 0 radical (unpaired) electrons. The second-order valence-electron chi connectivity index (χ2n) is 10.3. The van der Waals surface area contributed by atoms with Crippen molar-refractivity contribution in [2.45, 2.75) is 90.4 Å². The molecule has 1 fully saturated rings. The molecule has 8 heteroatoms. The zero-order valence-corrected chi connectivity index (χ0v) is 20.1. The number of carbonyl (C=O) groups excluding carboxylic acids is 4. The van der Waals surface area contributed by atoms with E-state index < -0.39 is 53.0 Å². The number of ketones is 1. The molecule has 6 atom stereocenters. The van der Waals surface area contributed by atoms with Crippen LogP contribution in [0.5, 0.6) is 0 Å². The van der Waals surface area contributed by atoms with Crippen LogP contribution in [-0.2, 0) is 28.7 Å². The van der Waals surface area contributed by atoms with Crippen molar-refractivity contribution in [1.82, 2.24) is 0 Å². The van der Waals surface area contributed by atoms with Gasteiger partial charge in [-0.3, -0.25) is 9.59 Å². The Hall–Kier alpha value is -2.32. The summed E-state index contributed by atoms with van der Waals surface area (Å²) in [6.45, 7) is 5.60. The topological polar surface area (TPSA) is 127 Å². The van der Waals surface area contributed by atoms with Crippen LogP contribution >= 0.6 is 0 Å². The van der Waals surface area contributed by atoms with Crippen LogP contribution in [0.3, 0.4) is 0 Å². The van der Waals surface area contributed by atoms with Gasteiger partial charge in [0.15, 0.2) is 5.78 Å². The van der Waals surface area contributed by atoms with E-state index in [1.807, 2.05) is 6.92 Å². The van der Waals surface area contributed by atoms with Crippen molar-refractivity contribution in [3.05, 3.63) is 22.8 Å². The summed E-state index contributed by atoms with van der Waals surface area (Å²) >= 11 is 0. The van der Waals surface area contributed by atoms with Crippen LogP contribution in [0.2, 0.25) is 0 Å². The minimum absolute atomic E-state index is 0.0213. The molecule has 4 aliphatic rings. The third-order valence-corrected chi connectivity index (χ3v) is 8.06. The molecule has 2 aliphatic carbocycles. The van der Waals surface area contributed by atoms with Gasteiger partial charge in [-0.25, -0.2) is 9.59 Å². The number of cyclic esters (lactones) is 2. The monoisotopic (exact) mass is 474 g/mol. The third kappa shape index (κ3) is 3.66. The summed E-state index contributed by atoms with van der Waals surface area (Å²) < 4.78 is 10.5. The van der Waals surface area contributed by atoms with E-state index in [1.165, 1.54) is 0 Å². The molecule has 0 aromatic heterocycles. The molecular formula is C26H34O8. The average molecular weight is 475 g/mol. The van der Waals surface area contributed by atoms with E-state index in [1.54, 1.807) is 13.0 Å². The molecule has 0 aromatic rings. The Morgan fingerprint density at radius 3 is 2.50 bits per heavy atom. The molecule has 2 N–H and O–H groups in total. The number of esters is 3. The first-order chi connectivity index (χ1) is 16.1. The van der Waals surface area contributed by atoms with Crippen LogP contribution < -0.4 is 0 Å². The lowest BCUT2D eigenvalue weighted by Crippen LogP contribution is -2.53. The van der Waals surface area contributed by atoms with Crippen molar-refractivity contribution in [3.63, 3.8) is 0 Å². The van der Waals surface area contributed by atoms with Gasteiger partial charge in [0.2, 0.25) is 5.79 Å². The van der Waals surface area contributed by atoms with Crippen molar-refractivity contribution in [2.24, 2.45) is 23.2 Å².